The van der Waals surface area contributed by atoms with E-state index in [9.17, 15) is 29.3 Å². The van der Waals surface area contributed by atoms with Crippen molar-refractivity contribution in [2.24, 2.45) is 0 Å². The zero-order valence-electron chi connectivity index (χ0n) is 14.7. The number of amides is 2. The van der Waals surface area contributed by atoms with Gasteiger partial charge in [0.05, 0.1) is 12.9 Å². The van der Waals surface area contributed by atoms with Crippen molar-refractivity contribution in [3.05, 3.63) is 42.1 Å². The second-order valence-electron chi connectivity index (χ2n) is 6.22. The molecule has 1 fully saturated rings. The summed E-state index contributed by atoms with van der Waals surface area (Å²) < 4.78 is 19.9. The number of carbonyl (C=O) groups excluding carboxylic acids is 2. The highest BCUT2D eigenvalue weighted by molar-refractivity contribution is 6.08. The van der Waals surface area contributed by atoms with Crippen LogP contribution in [0.5, 0.6) is 0 Å². The highest BCUT2D eigenvalue weighted by Crippen LogP contribution is 2.33. The van der Waals surface area contributed by atoms with Crippen LogP contribution >= 0.6 is 0 Å². The molecule has 4 atom stereocenters. The van der Waals surface area contributed by atoms with E-state index >= 15 is 0 Å². The van der Waals surface area contributed by atoms with Gasteiger partial charge in [0, 0.05) is 12.6 Å². The lowest BCUT2D eigenvalue weighted by Gasteiger charge is -2.19. The van der Waals surface area contributed by atoms with Gasteiger partial charge in [0.2, 0.25) is 5.91 Å². The normalized spacial score (nSPS) is 24.2. The van der Waals surface area contributed by atoms with Crippen LogP contribution in [0.15, 0.2) is 30.6 Å². The third-order valence-corrected chi connectivity index (χ3v) is 4.18. The van der Waals surface area contributed by atoms with Crippen LogP contribution in [0, 0.1) is 5.82 Å². The fourth-order valence-electron chi connectivity index (χ4n) is 2.88. The number of aromatic nitrogens is 2. The van der Waals surface area contributed by atoms with Gasteiger partial charge in [-0.3, -0.25) is 14.2 Å². The molecule has 0 radical (unpaired) electrons. The van der Waals surface area contributed by atoms with E-state index in [1.807, 2.05) is 0 Å². The molecule has 1 aliphatic rings. The van der Waals surface area contributed by atoms with Gasteiger partial charge in [-0.15, -0.1) is 0 Å². The summed E-state index contributed by atoms with van der Waals surface area (Å²) in [6.45, 7) is 0.675. The average Bonchev–Trinajstić information content (AvgIpc) is 3.16. The van der Waals surface area contributed by atoms with Gasteiger partial charge in [-0.05, 0) is 18.2 Å². The largest absolute Gasteiger partial charge is 0.394 e. The highest BCUT2D eigenvalue weighted by Gasteiger charge is 2.44. The van der Waals surface area contributed by atoms with Crippen molar-refractivity contribution in [2.45, 2.75) is 31.5 Å². The summed E-state index contributed by atoms with van der Waals surface area (Å²) in [5.41, 5.74) is -0.0292. The molecule has 28 heavy (non-hydrogen) atoms. The molecule has 0 aliphatic carbocycles. The number of nitrogens with one attached hydrogen (secondary N) is 2. The lowest BCUT2D eigenvalue weighted by molar-refractivity contribution is -0.114. The van der Waals surface area contributed by atoms with Crippen molar-refractivity contribution in [3.8, 4) is 0 Å². The van der Waals surface area contributed by atoms with E-state index in [0.717, 1.165) is 12.4 Å². The molecule has 1 aromatic heterocycles. The van der Waals surface area contributed by atoms with Crippen molar-refractivity contribution in [1.82, 2.24) is 9.55 Å². The lowest BCUT2D eigenvalue weighted by atomic mass is 10.1. The molecule has 0 spiro atoms. The van der Waals surface area contributed by atoms with Crippen LogP contribution < -0.4 is 10.6 Å². The van der Waals surface area contributed by atoms with Crippen molar-refractivity contribution < 1.29 is 34.0 Å². The van der Waals surface area contributed by atoms with Crippen LogP contribution in [0.25, 0.3) is 0 Å². The first-order valence-electron chi connectivity index (χ1n) is 8.35. The maximum atomic E-state index is 13.3. The van der Waals surface area contributed by atoms with Crippen LogP contribution in [0.3, 0.4) is 0 Å². The Kier molecular flexibility index (Phi) is 5.70. The monoisotopic (exact) mass is 394 g/mol. The molecule has 150 valence electrons. The van der Waals surface area contributed by atoms with Gasteiger partial charge in [0.15, 0.2) is 11.9 Å². The van der Waals surface area contributed by atoms with E-state index in [-0.39, 0.29) is 17.2 Å². The van der Waals surface area contributed by atoms with Crippen LogP contribution in [0.2, 0.25) is 0 Å². The molecule has 0 bridgehead atoms. The van der Waals surface area contributed by atoms with E-state index < -0.39 is 48.8 Å². The zero-order valence-corrected chi connectivity index (χ0v) is 14.7. The summed E-state index contributed by atoms with van der Waals surface area (Å²) in [6, 6.07) is 5.22. The molecular weight excluding hydrogens is 375 g/mol. The number of aliphatic hydroxyl groups excluding tert-OH is 3. The number of nitrogens with zero attached hydrogens (tertiary/aromatic N) is 2. The number of aliphatic hydroxyl groups is 3. The van der Waals surface area contributed by atoms with E-state index in [4.69, 9.17) is 4.74 Å². The number of benzene rings is 1. The molecule has 2 aromatic rings. The first-order chi connectivity index (χ1) is 13.3. The Morgan fingerprint density at radius 1 is 1.29 bits per heavy atom. The topological polar surface area (TPSA) is 146 Å². The SMILES string of the molecule is CC(=O)Nc1c(C(=O)Nc2cccc(F)c2)ncn1[C@@H]1O[C@H](CO)C(O)[C@@H]1O. The Morgan fingerprint density at radius 3 is 2.64 bits per heavy atom. The average molecular weight is 394 g/mol. The molecule has 0 saturated carbocycles. The van der Waals surface area contributed by atoms with Gasteiger partial charge in [-0.25, -0.2) is 9.37 Å². The van der Waals surface area contributed by atoms with Gasteiger partial charge < -0.3 is 30.7 Å². The van der Waals surface area contributed by atoms with Crippen LogP contribution in [-0.2, 0) is 9.53 Å². The Labute approximate surface area is 158 Å². The number of hydrogen-bond donors (Lipinski definition) is 5. The van der Waals surface area contributed by atoms with E-state index in [2.05, 4.69) is 15.6 Å². The lowest BCUT2D eigenvalue weighted by Crippen LogP contribution is -2.33. The summed E-state index contributed by atoms with van der Waals surface area (Å²) in [4.78, 5) is 28.1. The maximum absolute atomic E-state index is 13.3. The Bertz CT molecular complexity index is 888. The zero-order chi connectivity index (χ0) is 20.4. The molecule has 2 amide bonds. The minimum absolute atomic E-state index is 0.0868. The standard InChI is InChI=1S/C17H19FN4O6/c1-8(24)20-15-12(16(27)21-10-4-2-3-9(18)5-10)19-7-22(15)17-14(26)13(25)11(6-23)28-17/h2-5,7,11,13-14,17,23,25-26H,6H2,1H3,(H,20,24)(H,21,27)/t11-,13?,14+,17-/m1/s1. The van der Waals surface area contributed by atoms with E-state index in [1.54, 1.807) is 0 Å². The second-order valence-corrected chi connectivity index (χ2v) is 6.22. The van der Waals surface area contributed by atoms with Crippen LogP contribution in [0.4, 0.5) is 15.9 Å². The highest BCUT2D eigenvalue weighted by atomic mass is 19.1. The summed E-state index contributed by atoms with van der Waals surface area (Å²) in [6.07, 6.45) is -3.90. The van der Waals surface area contributed by atoms with Crippen LogP contribution in [0.1, 0.15) is 23.6 Å². The molecule has 1 unspecified atom stereocenters. The second kappa shape index (κ2) is 8.02. The number of imidazole rings is 1. The first kappa shape index (κ1) is 19.9. The minimum Gasteiger partial charge on any atom is -0.394 e. The summed E-state index contributed by atoms with van der Waals surface area (Å²) in [5, 5.41) is 34.2. The first-order valence-corrected chi connectivity index (χ1v) is 8.35. The van der Waals surface area contributed by atoms with Crippen LogP contribution in [-0.4, -0.2) is 61.6 Å². The fourth-order valence-corrected chi connectivity index (χ4v) is 2.88. The maximum Gasteiger partial charge on any atom is 0.278 e. The minimum atomic E-state index is -1.43. The molecule has 1 aliphatic heterocycles. The Morgan fingerprint density at radius 2 is 2.04 bits per heavy atom. The summed E-state index contributed by atoms with van der Waals surface area (Å²) in [5.74, 6) is -1.89. The van der Waals surface area contributed by atoms with Gasteiger partial charge in [-0.2, -0.15) is 0 Å². The number of hydrogen-bond acceptors (Lipinski definition) is 7. The van der Waals surface area contributed by atoms with Crippen molar-refractivity contribution in [2.75, 3.05) is 17.2 Å². The molecule has 2 heterocycles. The summed E-state index contributed by atoms with van der Waals surface area (Å²) >= 11 is 0. The number of anilines is 2. The van der Waals surface area contributed by atoms with Crippen molar-refractivity contribution in [3.63, 3.8) is 0 Å². The van der Waals surface area contributed by atoms with Gasteiger partial charge in [0.1, 0.15) is 29.9 Å². The molecule has 5 N–H and O–H groups in total. The molecule has 3 rings (SSSR count). The van der Waals surface area contributed by atoms with Crippen molar-refractivity contribution in [1.29, 1.82) is 0 Å². The molecule has 1 aromatic carbocycles. The number of carbonyl (C=O) groups is 2. The number of ether oxygens (including phenoxy) is 1. The Hall–Kier alpha value is -2.86. The third kappa shape index (κ3) is 3.87. The number of halogens is 1. The Balaban J connectivity index is 1.92. The van der Waals surface area contributed by atoms with Gasteiger partial charge >= 0.3 is 0 Å². The smallest absolute Gasteiger partial charge is 0.278 e. The summed E-state index contributed by atoms with van der Waals surface area (Å²) in [7, 11) is 0. The quantitative estimate of drug-likeness (QED) is 0.474. The molecule has 1 saturated heterocycles. The number of rotatable bonds is 5. The van der Waals surface area contributed by atoms with Gasteiger partial charge in [-0.1, -0.05) is 6.07 Å². The third-order valence-electron chi connectivity index (χ3n) is 4.18. The predicted octanol–water partition coefficient (Wildman–Crippen LogP) is -0.156. The molecular formula is C17H19FN4O6. The van der Waals surface area contributed by atoms with Crippen molar-refractivity contribution >= 4 is 23.3 Å². The van der Waals surface area contributed by atoms with E-state index in [1.165, 1.54) is 29.7 Å². The molecule has 11 heteroatoms. The predicted molar refractivity (Wildman–Crippen MR) is 93.9 cm³/mol. The van der Waals surface area contributed by atoms with Gasteiger partial charge in [0.25, 0.3) is 5.91 Å². The molecule has 10 nitrogen and oxygen atoms in total. The van der Waals surface area contributed by atoms with E-state index in [0.29, 0.717) is 0 Å². The fraction of sp³-hybridized carbons (Fsp3) is 0.353.